The Hall–Kier alpha value is -2.03. The number of rotatable bonds is 1. The number of aryl methyl sites for hydroxylation is 1. The Kier molecular flexibility index (Phi) is 2.25. The fourth-order valence-corrected chi connectivity index (χ4v) is 2.09. The summed E-state index contributed by atoms with van der Waals surface area (Å²) in [5.41, 5.74) is 3.25. The molecular formula is C14H10FNO. The number of carbonyl (C=O) groups is 1. The number of pyridine rings is 1. The summed E-state index contributed by atoms with van der Waals surface area (Å²) in [5.74, 6) is -0.0942. The Morgan fingerprint density at radius 3 is 2.53 bits per heavy atom. The molecule has 0 spiro atoms. The molecule has 1 aromatic heterocycles. The molecule has 0 bridgehead atoms. The third kappa shape index (κ3) is 1.73. The van der Waals surface area contributed by atoms with E-state index in [2.05, 4.69) is 4.98 Å². The zero-order chi connectivity index (χ0) is 11.8. The molecule has 1 aliphatic carbocycles. The minimum absolute atomic E-state index is 0.165. The van der Waals surface area contributed by atoms with Gasteiger partial charge in [-0.2, -0.15) is 0 Å². The molecule has 0 aliphatic heterocycles. The molecule has 84 valence electrons. The smallest absolute Gasteiger partial charge is 0.165 e. The minimum Gasteiger partial charge on any atom is -0.294 e. The summed E-state index contributed by atoms with van der Waals surface area (Å²) in [6, 6.07) is 9.85. The van der Waals surface area contributed by atoms with Crippen LogP contribution in [0.4, 0.5) is 4.39 Å². The molecule has 0 unspecified atom stereocenters. The molecule has 1 heterocycles. The number of Topliss-reactive ketones (excluding diaryl/α,β-unsaturated/α-hetero) is 1. The number of aromatic nitrogens is 1. The van der Waals surface area contributed by atoms with Gasteiger partial charge in [0.05, 0.1) is 11.4 Å². The first kappa shape index (κ1) is 10.1. The number of fused-ring (bicyclic) bond motifs is 1. The summed E-state index contributed by atoms with van der Waals surface area (Å²) >= 11 is 0. The zero-order valence-corrected chi connectivity index (χ0v) is 9.11. The lowest BCUT2D eigenvalue weighted by atomic mass is 10.1. The predicted molar refractivity (Wildman–Crippen MR) is 62.3 cm³/mol. The second-order valence-corrected chi connectivity index (χ2v) is 4.12. The monoisotopic (exact) mass is 227 g/mol. The van der Waals surface area contributed by atoms with Crippen LogP contribution in [0.25, 0.3) is 11.3 Å². The van der Waals surface area contributed by atoms with Gasteiger partial charge in [0.15, 0.2) is 5.78 Å². The first-order chi connectivity index (χ1) is 8.24. The molecule has 17 heavy (non-hydrogen) atoms. The van der Waals surface area contributed by atoms with Crippen LogP contribution >= 0.6 is 0 Å². The summed E-state index contributed by atoms with van der Waals surface area (Å²) in [4.78, 5) is 15.9. The number of nitrogens with zero attached hydrogens (tertiary/aromatic N) is 1. The van der Waals surface area contributed by atoms with Crippen molar-refractivity contribution >= 4 is 5.78 Å². The Morgan fingerprint density at radius 1 is 1.00 bits per heavy atom. The maximum atomic E-state index is 12.8. The molecule has 3 rings (SSSR count). The van der Waals surface area contributed by atoms with Crippen LogP contribution in [0.5, 0.6) is 0 Å². The summed E-state index contributed by atoms with van der Waals surface area (Å²) in [5, 5.41) is 0. The van der Waals surface area contributed by atoms with Gasteiger partial charge in [-0.3, -0.25) is 9.78 Å². The molecule has 2 nitrogen and oxygen atoms in total. The summed E-state index contributed by atoms with van der Waals surface area (Å²) in [6.07, 6.45) is 1.26. The van der Waals surface area contributed by atoms with E-state index in [0.29, 0.717) is 12.8 Å². The van der Waals surface area contributed by atoms with Crippen LogP contribution in [0.3, 0.4) is 0 Å². The fourth-order valence-electron chi connectivity index (χ4n) is 2.09. The van der Waals surface area contributed by atoms with Crippen LogP contribution in [0.1, 0.15) is 22.5 Å². The molecule has 1 aromatic carbocycles. The highest BCUT2D eigenvalue weighted by Gasteiger charge is 2.20. The van der Waals surface area contributed by atoms with Gasteiger partial charge in [-0.1, -0.05) is 0 Å². The largest absolute Gasteiger partial charge is 0.294 e. The van der Waals surface area contributed by atoms with Crippen molar-refractivity contribution in [3.8, 4) is 11.3 Å². The number of halogens is 1. The van der Waals surface area contributed by atoms with Crippen molar-refractivity contribution in [2.24, 2.45) is 0 Å². The molecule has 1 aliphatic rings. The van der Waals surface area contributed by atoms with Gasteiger partial charge < -0.3 is 0 Å². The molecule has 3 heteroatoms. The van der Waals surface area contributed by atoms with Crippen molar-refractivity contribution in [1.82, 2.24) is 4.98 Å². The van der Waals surface area contributed by atoms with Gasteiger partial charge in [-0.15, -0.1) is 0 Å². The molecule has 0 saturated carbocycles. The van der Waals surface area contributed by atoms with E-state index in [0.717, 1.165) is 22.5 Å². The van der Waals surface area contributed by atoms with Gasteiger partial charge in [0, 0.05) is 17.5 Å². The Bertz CT molecular complexity index is 590. The highest BCUT2D eigenvalue weighted by Crippen LogP contribution is 2.24. The van der Waals surface area contributed by atoms with E-state index < -0.39 is 0 Å². The third-order valence-corrected chi connectivity index (χ3v) is 3.00. The lowest BCUT2D eigenvalue weighted by Gasteiger charge is -2.03. The van der Waals surface area contributed by atoms with Crippen molar-refractivity contribution in [3.05, 3.63) is 53.5 Å². The summed E-state index contributed by atoms with van der Waals surface area (Å²) < 4.78 is 12.8. The normalized spacial score (nSPS) is 13.8. The minimum atomic E-state index is -0.259. The average molecular weight is 227 g/mol. The first-order valence-electron chi connectivity index (χ1n) is 5.53. The van der Waals surface area contributed by atoms with Crippen molar-refractivity contribution in [3.63, 3.8) is 0 Å². The van der Waals surface area contributed by atoms with Gasteiger partial charge in [-0.25, -0.2) is 4.39 Å². The lowest BCUT2D eigenvalue weighted by molar-refractivity contribution is 0.0994. The molecule has 0 atom stereocenters. The molecule has 0 N–H and O–H groups in total. The Morgan fingerprint density at radius 2 is 1.76 bits per heavy atom. The quantitative estimate of drug-likeness (QED) is 0.749. The van der Waals surface area contributed by atoms with E-state index in [-0.39, 0.29) is 11.6 Å². The van der Waals surface area contributed by atoms with E-state index in [1.807, 2.05) is 12.1 Å². The number of carbonyl (C=O) groups excluding carboxylic acids is 1. The second-order valence-electron chi connectivity index (χ2n) is 4.12. The average Bonchev–Trinajstić information content (AvgIpc) is 2.72. The van der Waals surface area contributed by atoms with E-state index in [9.17, 15) is 9.18 Å². The second kappa shape index (κ2) is 3.77. The van der Waals surface area contributed by atoms with Crippen LogP contribution in [-0.4, -0.2) is 10.8 Å². The molecule has 0 fully saturated rings. The van der Waals surface area contributed by atoms with E-state index in [1.165, 1.54) is 12.1 Å². The number of hydrogen-bond acceptors (Lipinski definition) is 2. The van der Waals surface area contributed by atoms with Gasteiger partial charge in [0.2, 0.25) is 0 Å². The van der Waals surface area contributed by atoms with Crippen molar-refractivity contribution in [1.29, 1.82) is 0 Å². The van der Waals surface area contributed by atoms with Crippen LogP contribution in [0.15, 0.2) is 36.4 Å². The van der Waals surface area contributed by atoms with Crippen LogP contribution in [-0.2, 0) is 6.42 Å². The summed E-state index contributed by atoms with van der Waals surface area (Å²) in [7, 11) is 0. The molecule has 0 radical (unpaired) electrons. The Labute approximate surface area is 98.1 Å². The van der Waals surface area contributed by atoms with Crippen molar-refractivity contribution in [2.45, 2.75) is 12.8 Å². The maximum Gasteiger partial charge on any atom is 0.165 e. The van der Waals surface area contributed by atoms with Gasteiger partial charge in [-0.05, 0) is 42.8 Å². The van der Waals surface area contributed by atoms with Crippen molar-refractivity contribution in [2.75, 3.05) is 0 Å². The number of hydrogen-bond donors (Lipinski definition) is 0. The standard InChI is InChI=1S/C14H10FNO/c15-10-3-1-9(2-4-10)12-6-5-11-13(16-12)7-8-14(11)17/h1-6H,7-8H2. The summed E-state index contributed by atoms with van der Waals surface area (Å²) in [6.45, 7) is 0. The van der Waals surface area contributed by atoms with Crippen molar-refractivity contribution < 1.29 is 9.18 Å². The SMILES string of the molecule is O=C1CCc2nc(-c3ccc(F)cc3)ccc21. The predicted octanol–water partition coefficient (Wildman–Crippen LogP) is 3.02. The van der Waals surface area contributed by atoms with E-state index >= 15 is 0 Å². The van der Waals surface area contributed by atoms with Gasteiger partial charge in [0.1, 0.15) is 5.82 Å². The highest BCUT2D eigenvalue weighted by atomic mass is 19.1. The van der Waals surface area contributed by atoms with Crippen LogP contribution in [0, 0.1) is 5.82 Å². The lowest BCUT2D eigenvalue weighted by Crippen LogP contribution is -1.94. The van der Waals surface area contributed by atoms with E-state index in [1.54, 1.807) is 12.1 Å². The number of benzene rings is 1. The third-order valence-electron chi connectivity index (χ3n) is 3.00. The fraction of sp³-hybridized carbons (Fsp3) is 0.143. The molecule has 0 amide bonds. The first-order valence-corrected chi connectivity index (χ1v) is 5.53. The number of ketones is 1. The van der Waals surface area contributed by atoms with E-state index in [4.69, 9.17) is 0 Å². The zero-order valence-electron chi connectivity index (χ0n) is 9.11. The topological polar surface area (TPSA) is 30.0 Å². The van der Waals surface area contributed by atoms with Crippen LogP contribution < -0.4 is 0 Å². The Balaban J connectivity index is 2.05. The highest BCUT2D eigenvalue weighted by molar-refractivity contribution is 6.00. The van der Waals surface area contributed by atoms with Gasteiger partial charge in [0.25, 0.3) is 0 Å². The molecule has 0 saturated heterocycles. The maximum absolute atomic E-state index is 12.8. The molecule has 2 aromatic rings. The van der Waals surface area contributed by atoms with Gasteiger partial charge >= 0.3 is 0 Å². The molecular weight excluding hydrogens is 217 g/mol. The van der Waals surface area contributed by atoms with Crippen LogP contribution in [0.2, 0.25) is 0 Å².